The van der Waals surface area contributed by atoms with Gasteiger partial charge in [0.25, 0.3) is 5.56 Å². The lowest BCUT2D eigenvalue weighted by atomic mass is 9.49. The van der Waals surface area contributed by atoms with E-state index in [9.17, 15) is 9.59 Å². The molecule has 2 aromatic rings. The van der Waals surface area contributed by atoms with E-state index in [1.165, 1.54) is 23.9 Å². The normalized spacial score (nSPS) is 30.3. The van der Waals surface area contributed by atoms with Crippen LogP contribution >= 0.6 is 0 Å². The molecule has 5 heteroatoms. The Labute approximate surface area is 164 Å². The average molecular weight is 375 g/mol. The van der Waals surface area contributed by atoms with E-state index in [1.807, 2.05) is 18.2 Å². The number of aromatic nitrogens is 2. The summed E-state index contributed by atoms with van der Waals surface area (Å²) in [6.07, 6.45) is 12.5. The largest absolute Gasteiger partial charge is 0.350 e. The van der Waals surface area contributed by atoms with Crippen molar-refractivity contribution in [2.75, 3.05) is 0 Å². The number of carbonyl (C=O) groups is 1. The third-order valence-corrected chi connectivity index (χ3v) is 7.12. The van der Waals surface area contributed by atoms with Crippen molar-refractivity contribution in [2.24, 2.45) is 23.2 Å². The summed E-state index contributed by atoms with van der Waals surface area (Å²) in [6, 6.07) is 7.40. The minimum Gasteiger partial charge on any atom is -0.350 e. The SMILES string of the molecule is C#CCn1nc(CNC(=O)C23CC4CC(CC(C4)C2)C3)c2ccccc2c1=O. The number of terminal acetylenes is 1. The minimum atomic E-state index is -0.190. The number of hydrogen-bond donors (Lipinski definition) is 1. The highest BCUT2D eigenvalue weighted by atomic mass is 16.2. The summed E-state index contributed by atoms with van der Waals surface area (Å²) in [5.74, 6) is 4.85. The van der Waals surface area contributed by atoms with Crippen molar-refractivity contribution < 1.29 is 4.79 Å². The van der Waals surface area contributed by atoms with Gasteiger partial charge < -0.3 is 5.32 Å². The number of rotatable bonds is 4. The fourth-order valence-electron chi connectivity index (χ4n) is 6.37. The fraction of sp³-hybridized carbons (Fsp3) is 0.522. The van der Waals surface area contributed by atoms with Crippen LogP contribution in [-0.2, 0) is 17.9 Å². The number of fused-ring (bicyclic) bond motifs is 1. The maximum Gasteiger partial charge on any atom is 0.275 e. The summed E-state index contributed by atoms with van der Waals surface area (Å²) in [4.78, 5) is 25.8. The van der Waals surface area contributed by atoms with Gasteiger partial charge in [-0.05, 0) is 62.3 Å². The molecule has 5 nitrogen and oxygen atoms in total. The van der Waals surface area contributed by atoms with Gasteiger partial charge in [-0.1, -0.05) is 24.1 Å². The van der Waals surface area contributed by atoms with Gasteiger partial charge in [0, 0.05) is 10.8 Å². The lowest BCUT2D eigenvalue weighted by molar-refractivity contribution is -0.146. The summed E-state index contributed by atoms with van der Waals surface area (Å²) in [6.45, 7) is 0.450. The molecule has 1 amide bonds. The molecule has 0 radical (unpaired) electrons. The topological polar surface area (TPSA) is 64.0 Å². The fourth-order valence-corrected chi connectivity index (χ4v) is 6.37. The van der Waals surface area contributed by atoms with Gasteiger partial charge in [-0.15, -0.1) is 6.42 Å². The monoisotopic (exact) mass is 375 g/mol. The maximum atomic E-state index is 13.2. The van der Waals surface area contributed by atoms with E-state index in [0.717, 1.165) is 42.4 Å². The van der Waals surface area contributed by atoms with Crippen molar-refractivity contribution in [3.05, 3.63) is 40.3 Å². The zero-order valence-electron chi connectivity index (χ0n) is 16.0. The Kier molecular flexibility index (Phi) is 4.04. The number of nitrogens with one attached hydrogen (secondary N) is 1. The van der Waals surface area contributed by atoms with Crippen molar-refractivity contribution >= 4 is 16.7 Å². The quantitative estimate of drug-likeness (QED) is 0.836. The molecule has 0 saturated heterocycles. The van der Waals surface area contributed by atoms with Crippen molar-refractivity contribution in [1.82, 2.24) is 15.1 Å². The molecule has 0 atom stereocenters. The summed E-state index contributed by atoms with van der Waals surface area (Å²) >= 11 is 0. The molecule has 0 aliphatic heterocycles. The zero-order chi connectivity index (χ0) is 19.3. The van der Waals surface area contributed by atoms with Gasteiger partial charge in [0.15, 0.2) is 0 Å². The van der Waals surface area contributed by atoms with Crippen molar-refractivity contribution in [2.45, 2.75) is 51.6 Å². The van der Waals surface area contributed by atoms with Crippen molar-refractivity contribution in [1.29, 1.82) is 0 Å². The second-order valence-electron chi connectivity index (χ2n) is 9.04. The van der Waals surface area contributed by atoms with Gasteiger partial charge in [-0.2, -0.15) is 5.10 Å². The number of hydrogen-bond acceptors (Lipinski definition) is 3. The molecule has 1 aromatic carbocycles. The number of nitrogens with zero attached hydrogens (tertiary/aromatic N) is 2. The number of amides is 1. The Balaban J connectivity index is 1.42. The molecule has 1 N–H and O–H groups in total. The third kappa shape index (κ3) is 2.74. The lowest BCUT2D eigenvalue weighted by Gasteiger charge is -2.55. The van der Waals surface area contributed by atoms with E-state index in [1.54, 1.807) is 6.07 Å². The van der Waals surface area contributed by atoms with Crippen molar-refractivity contribution in [3.8, 4) is 12.3 Å². The van der Waals surface area contributed by atoms with Gasteiger partial charge in [-0.25, -0.2) is 4.68 Å². The van der Waals surface area contributed by atoms with Gasteiger partial charge in [0.1, 0.15) is 6.54 Å². The molecule has 4 aliphatic rings. The molecule has 0 unspecified atom stereocenters. The third-order valence-electron chi connectivity index (χ3n) is 7.12. The molecule has 1 aromatic heterocycles. The van der Waals surface area contributed by atoms with E-state index >= 15 is 0 Å². The van der Waals surface area contributed by atoms with E-state index < -0.39 is 0 Å². The molecule has 4 aliphatic carbocycles. The predicted molar refractivity (Wildman–Crippen MR) is 107 cm³/mol. The molecule has 28 heavy (non-hydrogen) atoms. The molecule has 144 valence electrons. The van der Waals surface area contributed by atoms with Crippen LogP contribution in [0.2, 0.25) is 0 Å². The molecule has 4 fully saturated rings. The summed E-state index contributed by atoms with van der Waals surface area (Å²) in [5, 5.41) is 9.00. The molecule has 1 heterocycles. The Hall–Kier alpha value is -2.61. The highest BCUT2D eigenvalue weighted by Crippen LogP contribution is 2.60. The summed E-state index contributed by atoms with van der Waals surface area (Å²) < 4.78 is 1.31. The van der Waals surface area contributed by atoms with Crippen LogP contribution in [0.1, 0.15) is 44.2 Å². The summed E-state index contributed by atoms with van der Waals surface area (Å²) in [7, 11) is 0. The molecule has 6 rings (SSSR count). The van der Waals surface area contributed by atoms with Crippen LogP contribution in [-0.4, -0.2) is 15.7 Å². The van der Waals surface area contributed by atoms with E-state index in [2.05, 4.69) is 16.3 Å². The first-order chi connectivity index (χ1) is 13.6. The minimum absolute atomic E-state index is 0.125. The number of benzene rings is 1. The first kappa shape index (κ1) is 17.5. The van der Waals surface area contributed by atoms with E-state index in [0.29, 0.717) is 17.6 Å². The van der Waals surface area contributed by atoms with E-state index in [4.69, 9.17) is 6.42 Å². The highest BCUT2D eigenvalue weighted by molar-refractivity contribution is 5.85. The molecular weight excluding hydrogens is 350 g/mol. The smallest absolute Gasteiger partial charge is 0.275 e. The van der Waals surface area contributed by atoms with E-state index in [-0.39, 0.29) is 23.4 Å². The van der Waals surface area contributed by atoms with Crippen LogP contribution in [0.25, 0.3) is 10.8 Å². The first-order valence-corrected chi connectivity index (χ1v) is 10.3. The van der Waals surface area contributed by atoms with Crippen LogP contribution < -0.4 is 10.9 Å². The molecule has 4 bridgehead atoms. The standard InChI is InChI=1S/C23H25N3O2/c1-2-7-26-21(27)19-6-4-3-5-18(19)20(25-26)14-24-22(28)23-11-15-8-16(12-23)10-17(9-15)13-23/h1,3-6,15-17H,7-14H2,(H,24,28). The van der Waals surface area contributed by atoms with Crippen LogP contribution in [0.15, 0.2) is 29.1 Å². The summed E-state index contributed by atoms with van der Waals surface area (Å²) in [5.41, 5.74) is 0.325. The average Bonchev–Trinajstić information content (AvgIpc) is 2.68. The first-order valence-electron chi connectivity index (χ1n) is 10.3. The second kappa shape index (κ2) is 6.48. The van der Waals surface area contributed by atoms with Gasteiger partial charge >= 0.3 is 0 Å². The highest BCUT2D eigenvalue weighted by Gasteiger charge is 2.54. The van der Waals surface area contributed by atoms with Gasteiger partial charge in [0.05, 0.1) is 17.6 Å². The number of carbonyl (C=O) groups excluding carboxylic acids is 1. The maximum absolute atomic E-state index is 13.2. The Bertz CT molecular complexity index is 1010. The molecule has 0 spiro atoms. The Morgan fingerprint density at radius 1 is 1.14 bits per heavy atom. The van der Waals surface area contributed by atoms with Crippen LogP contribution in [0, 0.1) is 35.5 Å². The second-order valence-corrected chi connectivity index (χ2v) is 9.04. The lowest BCUT2D eigenvalue weighted by Crippen LogP contribution is -2.53. The zero-order valence-corrected chi connectivity index (χ0v) is 16.0. The van der Waals surface area contributed by atoms with Crippen LogP contribution in [0.5, 0.6) is 0 Å². The van der Waals surface area contributed by atoms with Gasteiger partial charge in [0.2, 0.25) is 5.91 Å². The van der Waals surface area contributed by atoms with Crippen LogP contribution in [0.3, 0.4) is 0 Å². The molecule has 4 saturated carbocycles. The van der Waals surface area contributed by atoms with Crippen LogP contribution in [0.4, 0.5) is 0 Å². The molecular formula is C23H25N3O2. The Morgan fingerprint density at radius 2 is 1.75 bits per heavy atom. The van der Waals surface area contributed by atoms with Crippen molar-refractivity contribution in [3.63, 3.8) is 0 Å². The van der Waals surface area contributed by atoms with Gasteiger partial charge in [-0.3, -0.25) is 9.59 Å². The predicted octanol–water partition coefficient (Wildman–Crippen LogP) is 2.86. The Morgan fingerprint density at radius 3 is 2.36 bits per heavy atom.